The molecule has 0 aromatic carbocycles. The van der Waals surface area contributed by atoms with Gasteiger partial charge in [0, 0.05) is 19.0 Å². The predicted molar refractivity (Wildman–Crippen MR) is 54.4 cm³/mol. The van der Waals surface area contributed by atoms with Gasteiger partial charge in [0.15, 0.2) is 0 Å². The fourth-order valence-corrected chi connectivity index (χ4v) is 2.35. The molecule has 1 fully saturated rings. The summed E-state index contributed by atoms with van der Waals surface area (Å²) in [5.41, 5.74) is 0. The van der Waals surface area contributed by atoms with Crippen molar-refractivity contribution in [3.05, 3.63) is 0 Å². The Balaban J connectivity index is 2.60. The molecule has 1 aliphatic rings. The van der Waals surface area contributed by atoms with Crippen LogP contribution in [-0.2, 0) is 0 Å². The first-order valence-electron chi connectivity index (χ1n) is 5.75. The third-order valence-corrected chi connectivity index (χ3v) is 3.28. The van der Waals surface area contributed by atoms with E-state index in [0.717, 1.165) is 19.3 Å². The highest BCUT2D eigenvalue weighted by atomic mass is 19.3. The second-order valence-corrected chi connectivity index (χ2v) is 4.10. The maximum absolute atomic E-state index is 13.9. The Labute approximate surface area is 85.5 Å². The molecule has 0 bridgehead atoms. The van der Waals surface area contributed by atoms with Crippen LogP contribution < -0.4 is 0 Å². The first-order valence-corrected chi connectivity index (χ1v) is 5.75. The van der Waals surface area contributed by atoms with Gasteiger partial charge in [-0.3, -0.25) is 0 Å². The van der Waals surface area contributed by atoms with Crippen LogP contribution in [0, 0.1) is 5.92 Å². The molecule has 0 heterocycles. The molecule has 0 saturated heterocycles. The van der Waals surface area contributed by atoms with Gasteiger partial charge in [0.25, 0.3) is 0 Å². The van der Waals surface area contributed by atoms with E-state index in [9.17, 15) is 8.78 Å². The van der Waals surface area contributed by atoms with Crippen LogP contribution in [0.15, 0.2) is 0 Å². The van der Waals surface area contributed by atoms with Crippen LogP contribution in [0.25, 0.3) is 0 Å². The largest absolute Gasteiger partial charge is 0.307 e. The molecule has 1 rings (SSSR count). The highest BCUT2D eigenvalue weighted by Crippen LogP contribution is 2.38. The fraction of sp³-hybridized carbons (Fsp3) is 1.00. The molecule has 0 radical (unpaired) electrons. The van der Waals surface area contributed by atoms with Gasteiger partial charge >= 0.3 is 6.05 Å². The van der Waals surface area contributed by atoms with E-state index in [1.54, 1.807) is 13.8 Å². The predicted octanol–water partition coefficient (Wildman–Crippen LogP) is 3.50. The Morgan fingerprint density at radius 1 is 1.07 bits per heavy atom. The lowest BCUT2D eigenvalue weighted by Gasteiger charge is -2.37. The summed E-state index contributed by atoms with van der Waals surface area (Å²) in [5, 5.41) is 0. The average molecular weight is 205 g/mol. The van der Waals surface area contributed by atoms with Gasteiger partial charge in [-0.15, -0.1) is 0 Å². The molecule has 0 spiro atoms. The van der Waals surface area contributed by atoms with Gasteiger partial charge in [-0.25, -0.2) is 4.90 Å². The van der Waals surface area contributed by atoms with E-state index in [1.165, 1.54) is 4.90 Å². The Morgan fingerprint density at radius 3 is 2.00 bits per heavy atom. The van der Waals surface area contributed by atoms with Crippen molar-refractivity contribution in [2.45, 2.75) is 52.0 Å². The number of nitrogens with zero attached hydrogens (tertiary/aromatic N) is 1. The van der Waals surface area contributed by atoms with E-state index < -0.39 is 12.0 Å². The topological polar surface area (TPSA) is 3.24 Å². The lowest BCUT2D eigenvalue weighted by Crippen LogP contribution is -2.47. The monoisotopic (exact) mass is 205 g/mol. The Bertz CT molecular complexity index is 161. The smallest absolute Gasteiger partial charge is 0.245 e. The highest BCUT2D eigenvalue weighted by molar-refractivity contribution is 4.79. The average Bonchev–Trinajstić information content (AvgIpc) is 2.20. The van der Waals surface area contributed by atoms with Gasteiger partial charge in [0.05, 0.1) is 0 Å². The summed E-state index contributed by atoms with van der Waals surface area (Å²) in [5.74, 6) is -0.406. The third kappa shape index (κ3) is 2.44. The van der Waals surface area contributed by atoms with Crippen LogP contribution in [0.1, 0.15) is 46.0 Å². The van der Waals surface area contributed by atoms with E-state index in [2.05, 4.69) is 0 Å². The van der Waals surface area contributed by atoms with Crippen molar-refractivity contribution in [2.75, 3.05) is 13.1 Å². The molecule has 84 valence electrons. The van der Waals surface area contributed by atoms with Crippen LogP contribution in [0.3, 0.4) is 0 Å². The van der Waals surface area contributed by atoms with Crippen LogP contribution in [0.4, 0.5) is 8.78 Å². The standard InChI is InChI=1S/C11H21F2N/c1-3-14(4-2)11(12,13)10-8-6-5-7-9-10/h10H,3-9H2,1-2H3. The van der Waals surface area contributed by atoms with E-state index >= 15 is 0 Å². The minimum atomic E-state index is -2.58. The zero-order valence-electron chi connectivity index (χ0n) is 9.23. The number of alkyl halides is 2. The minimum Gasteiger partial charge on any atom is -0.245 e. The minimum absolute atomic E-state index is 0.406. The van der Waals surface area contributed by atoms with Gasteiger partial charge in [-0.1, -0.05) is 33.1 Å². The molecular weight excluding hydrogens is 184 g/mol. The van der Waals surface area contributed by atoms with Crippen LogP contribution in [-0.4, -0.2) is 24.0 Å². The lowest BCUT2D eigenvalue weighted by molar-refractivity contribution is -0.190. The zero-order chi connectivity index (χ0) is 10.6. The molecule has 1 saturated carbocycles. The highest BCUT2D eigenvalue weighted by Gasteiger charge is 2.43. The molecular formula is C11H21F2N. The summed E-state index contributed by atoms with van der Waals surface area (Å²) < 4.78 is 27.8. The molecule has 3 heteroatoms. The van der Waals surface area contributed by atoms with Gasteiger partial charge in [0.2, 0.25) is 0 Å². The molecule has 1 aliphatic carbocycles. The quantitative estimate of drug-likeness (QED) is 0.635. The third-order valence-electron chi connectivity index (χ3n) is 3.28. The summed E-state index contributed by atoms with van der Waals surface area (Å²) in [6.07, 6.45) is 4.47. The summed E-state index contributed by atoms with van der Waals surface area (Å²) >= 11 is 0. The molecule has 1 nitrogen and oxygen atoms in total. The summed E-state index contributed by atoms with van der Waals surface area (Å²) in [6.45, 7) is 4.50. The van der Waals surface area contributed by atoms with Crippen molar-refractivity contribution in [3.63, 3.8) is 0 Å². The first-order chi connectivity index (χ1) is 6.62. The summed E-state index contributed by atoms with van der Waals surface area (Å²) in [7, 11) is 0. The van der Waals surface area contributed by atoms with Crippen molar-refractivity contribution in [2.24, 2.45) is 5.92 Å². The molecule has 0 aromatic rings. The van der Waals surface area contributed by atoms with Crippen LogP contribution in [0.2, 0.25) is 0 Å². The first kappa shape index (κ1) is 11.9. The second-order valence-electron chi connectivity index (χ2n) is 4.10. The maximum Gasteiger partial charge on any atom is 0.307 e. The number of halogens is 2. The Morgan fingerprint density at radius 2 is 1.57 bits per heavy atom. The molecule has 0 atom stereocenters. The van der Waals surface area contributed by atoms with Crippen LogP contribution in [0.5, 0.6) is 0 Å². The van der Waals surface area contributed by atoms with E-state index in [1.807, 2.05) is 0 Å². The lowest BCUT2D eigenvalue weighted by atomic mass is 9.87. The van der Waals surface area contributed by atoms with Crippen molar-refractivity contribution < 1.29 is 8.78 Å². The Hall–Kier alpha value is -0.180. The molecule has 0 N–H and O–H groups in total. The number of hydrogen-bond acceptors (Lipinski definition) is 1. The molecule has 0 aliphatic heterocycles. The van der Waals surface area contributed by atoms with Gasteiger partial charge in [0.1, 0.15) is 0 Å². The van der Waals surface area contributed by atoms with E-state index in [-0.39, 0.29) is 0 Å². The summed E-state index contributed by atoms with van der Waals surface area (Å²) in [4.78, 5) is 1.29. The second kappa shape index (κ2) is 5.06. The van der Waals surface area contributed by atoms with Gasteiger partial charge < -0.3 is 0 Å². The van der Waals surface area contributed by atoms with E-state index in [0.29, 0.717) is 25.9 Å². The molecule has 0 aromatic heterocycles. The van der Waals surface area contributed by atoms with Crippen molar-refractivity contribution in [1.82, 2.24) is 4.90 Å². The van der Waals surface area contributed by atoms with E-state index in [4.69, 9.17) is 0 Å². The van der Waals surface area contributed by atoms with Crippen molar-refractivity contribution in [1.29, 1.82) is 0 Å². The zero-order valence-corrected chi connectivity index (χ0v) is 9.23. The number of rotatable bonds is 4. The Kier molecular flexibility index (Phi) is 4.30. The van der Waals surface area contributed by atoms with Gasteiger partial charge in [-0.2, -0.15) is 8.78 Å². The normalized spacial score (nSPS) is 20.4. The molecule has 0 unspecified atom stereocenters. The van der Waals surface area contributed by atoms with Crippen LogP contribution >= 0.6 is 0 Å². The van der Waals surface area contributed by atoms with Crippen molar-refractivity contribution in [3.8, 4) is 0 Å². The molecule has 14 heavy (non-hydrogen) atoms. The fourth-order valence-electron chi connectivity index (χ4n) is 2.35. The SMILES string of the molecule is CCN(CC)C(F)(F)C1CCCCC1. The molecule has 0 amide bonds. The maximum atomic E-state index is 13.9. The summed E-state index contributed by atoms with van der Waals surface area (Å²) in [6, 6.07) is -2.58. The van der Waals surface area contributed by atoms with Crippen molar-refractivity contribution >= 4 is 0 Å². The number of hydrogen-bond donors (Lipinski definition) is 0. The van der Waals surface area contributed by atoms with Gasteiger partial charge in [-0.05, 0) is 12.8 Å².